The Morgan fingerprint density at radius 2 is 2.26 bits per heavy atom. The molecule has 0 unspecified atom stereocenters. The lowest BCUT2D eigenvalue weighted by Crippen LogP contribution is -2.40. The van der Waals surface area contributed by atoms with E-state index in [0.29, 0.717) is 43.9 Å². The van der Waals surface area contributed by atoms with Gasteiger partial charge in [-0.3, -0.25) is 9.59 Å². The van der Waals surface area contributed by atoms with Gasteiger partial charge in [-0.25, -0.2) is 0 Å². The van der Waals surface area contributed by atoms with Crippen molar-refractivity contribution >= 4 is 11.8 Å². The molecule has 0 atom stereocenters. The summed E-state index contributed by atoms with van der Waals surface area (Å²) in [5.41, 5.74) is 7.14. The molecule has 2 N–H and O–H groups in total. The van der Waals surface area contributed by atoms with Crippen molar-refractivity contribution in [2.45, 2.75) is 13.3 Å². The van der Waals surface area contributed by atoms with Crippen LogP contribution in [0.15, 0.2) is 18.2 Å². The fourth-order valence-corrected chi connectivity index (χ4v) is 2.34. The first-order valence-electron chi connectivity index (χ1n) is 6.44. The van der Waals surface area contributed by atoms with Crippen LogP contribution in [0.1, 0.15) is 33.2 Å². The first kappa shape index (κ1) is 13.5. The number of fused-ring (bicyclic) bond motifs is 1. The molecular weight excluding hydrogens is 244 g/mol. The summed E-state index contributed by atoms with van der Waals surface area (Å²) < 4.78 is 5.27. The molecule has 0 saturated heterocycles. The van der Waals surface area contributed by atoms with Crippen molar-refractivity contribution in [3.63, 3.8) is 0 Å². The van der Waals surface area contributed by atoms with Crippen molar-refractivity contribution in [1.82, 2.24) is 4.90 Å². The number of primary amides is 1. The van der Waals surface area contributed by atoms with Crippen LogP contribution >= 0.6 is 0 Å². The topological polar surface area (TPSA) is 72.6 Å². The minimum atomic E-state index is -0.479. The number of benzene rings is 1. The summed E-state index contributed by atoms with van der Waals surface area (Å²) in [6.07, 6.45) is 0.659. The number of nitrogens with two attached hydrogens (primary N) is 1. The van der Waals surface area contributed by atoms with Gasteiger partial charge in [0.25, 0.3) is 5.91 Å². The Morgan fingerprint density at radius 1 is 1.47 bits per heavy atom. The van der Waals surface area contributed by atoms with Gasteiger partial charge in [0.1, 0.15) is 0 Å². The molecule has 0 aliphatic carbocycles. The van der Waals surface area contributed by atoms with Crippen LogP contribution in [0.3, 0.4) is 0 Å². The highest BCUT2D eigenvalue weighted by Crippen LogP contribution is 2.22. The molecule has 1 aromatic rings. The van der Waals surface area contributed by atoms with E-state index in [9.17, 15) is 9.59 Å². The predicted molar refractivity (Wildman–Crippen MR) is 71.1 cm³/mol. The Hall–Kier alpha value is -1.88. The number of ether oxygens (including phenoxy) is 1. The highest BCUT2D eigenvalue weighted by Gasteiger charge is 2.26. The molecule has 1 heterocycles. The second kappa shape index (κ2) is 5.84. The number of amides is 2. The van der Waals surface area contributed by atoms with Crippen LogP contribution < -0.4 is 5.73 Å². The van der Waals surface area contributed by atoms with Gasteiger partial charge in [-0.05, 0) is 31.0 Å². The van der Waals surface area contributed by atoms with Gasteiger partial charge < -0.3 is 15.4 Å². The lowest BCUT2D eigenvalue weighted by Gasteiger charge is -2.29. The minimum absolute atomic E-state index is 0.0518. The van der Waals surface area contributed by atoms with E-state index < -0.39 is 5.91 Å². The van der Waals surface area contributed by atoms with Gasteiger partial charge in [0.15, 0.2) is 0 Å². The van der Waals surface area contributed by atoms with Crippen molar-refractivity contribution < 1.29 is 14.3 Å². The molecule has 0 spiro atoms. The Bertz CT molecular complexity index is 499. The van der Waals surface area contributed by atoms with E-state index in [4.69, 9.17) is 10.5 Å². The van der Waals surface area contributed by atoms with Crippen LogP contribution in [0.5, 0.6) is 0 Å². The third kappa shape index (κ3) is 2.76. The lowest BCUT2D eigenvalue weighted by molar-refractivity contribution is 0.0641. The molecule has 102 valence electrons. The standard InChI is InChI=1S/C14H18N2O3/c1-2-19-9-8-16-7-6-10-11(13(15)17)4-3-5-12(10)14(16)18/h3-5H,2,6-9H2,1H3,(H2,15,17). The van der Waals surface area contributed by atoms with Crippen molar-refractivity contribution in [1.29, 1.82) is 0 Å². The molecule has 1 aromatic carbocycles. The largest absolute Gasteiger partial charge is 0.380 e. The summed E-state index contributed by atoms with van der Waals surface area (Å²) in [6, 6.07) is 5.12. The number of carbonyl (C=O) groups excluding carboxylic acids is 2. The van der Waals surface area contributed by atoms with Gasteiger partial charge >= 0.3 is 0 Å². The Morgan fingerprint density at radius 3 is 2.95 bits per heavy atom. The first-order chi connectivity index (χ1) is 9.15. The Balaban J connectivity index is 2.20. The van der Waals surface area contributed by atoms with Gasteiger partial charge in [0.05, 0.1) is 6.61 Å². The fraction of sp³-hybridized carbons (Fsp3) is 0.429. The number of carbonyl (C=O) groups is 2. The summed E-state index contributed by atoms with van der Waals surface area (Å²) in [7, 11) is 0. The summed E-state index contributed by atoms with van der Waals surface area (Å²) in [5, 5.41) is 0. The maximum Gasteiger partial charge on any atom is 0.254 e. The second-order valence-corrected chi connectivity index (χ2v) is 4.44. The molecule has 0 saturated carbocycles. The molecule has 19 heavy (non-hydrogen) atoms. The van der Waals surface area contributed by atoms with Crippen molar-refractivity contribution in [2.75, 3.05) is 26.3 Å². The normalized spacial score (nSPS) is 14.4. The zero-order chi connectivity index (χ0) is 13.8. The van der Waals surface area contributed by atoms with Crippen LogP contribution in [-0.2, 0) is 11.2 Å². The van der Waals surface area contributed by atoms with E-state index in [-0.39, 0.29) is 5.91 Å². The van der Waals surface area contributed by atoms with E-state index in [1.165, 1.54) is 0 Å². The first-order valence-corrected chi connectivity index (χ1v) is 6.44. The van der Waals surface area contributed by atoms with Crippen LogP contribution in [0.25, 0.3) is 0 Å². The van der Waals surface area contributed by atoms with Gasteiger partial charge in [-0.1, -0.05) is 6.07 Å². The molecular formula is C14H18N2O3. The highest BCUT2D eigenvalue weighted by molar-refractivity contribution is 6.02. The molecule has 0 radical (unpaired) electrons. The van der Waals surface area contributed by atoms with Crippen LogP contribution in [0, 0.1) is 0 Å². The summed E-state index contributed by atoms with van der Waals surface area (Å²) in [4.78, 5) is 25.4. The van der Waals surface area contributed by atoms with E-state index >= 15 is 0 Å². The molecule has 5 heteroatoms. The highest BCUT2D eigenvalue weighted by atomic mass is 16.5. The maximum absolute atomic E-state index is 12.3. The third-order valence-corrected chi connectivity index (χ3v) is 3.30. The molecule has 1 aliphatic heterocycles. The summed E-state index contributed by atoms with van der Waals surface area (Å²) in [6.45, 7) is 4.28. The van der Waals surface area contributed by atoms with E-state index in [2.05, 4.69) is 0 Å². The minimum Gasteiger partial charge on any atom is -0.380 e. The summed E-state index contributed by atoms with van der Waals surface area (Å²) >= 11 is 0. The molecule has 2 rings (SSSR count). The maximum atomic E-state index is 12.3. The SMILES string of the molecule is CCOCCN1CCc2c(C(N)=O)cccc2C1=O. The van der Waals surface area contributed by atoms with Crippen LogP contribution in [-0.4, -0.2) is 43.0 Å². The van der Waals surface area contributed by atoms with Gasteiger partial charge in [-0.2, -0.15) is 0 Å². The number of hydrogen-bond acceptors (Lipinski definition) is 3. The molecule has 5 nitrogen and oxygen atoms in total. The molecule has 0 bridgehead atoms. The monoisotopic (exact) mass is 262 g/mol. The Kier molecular flexibility index (Phi) is 4.16. The predicted octanol–water partition coefficient (Wildman–Crippen LogP) is 0.820. The quantitative estimate of drug-likeness (QED) is 0.798. The second-order valence-electron chi connectivity index (χ2n) is 4.44. The zero-order valence-electron chi connectivity index (χ0n) is 11.0. The molecule has 1 aliphatic rings. The number of hydrogen-bond donors (Lipinski definition) is 1. The number of rotatable bonds is 5. The van der Waals surface area contributed by atoms with E-state index in [1.807, 2.05) is 6.92 Å². The van der Waals surface area contributed by atoms with E-state index in [1.54, 1.807) is 23.1 Å². The fourth-order valence-electron chi connectivity index (χ4n) is 2.34. The molecule has 0 fully saturated rings. The summed E-state index contributed by atoms with van der Waals surface area (Å²) in [5.74, 6) is -0.531. The smallest absolute Gasteiger partial charge is 0.254 e. The zero-order valence-corrected chi connectivity index (χ0v) is 11.0. The molecule has 2 amide bonds. The lowest BCUT2D eigenvalue weighted by atomic mass is 9.93. The van der Waals surface area contributed by atoms with Crippen molar-refractivity contribution in [3.8, 4) is 0 Å². The van der Waals surface area contributed by atoms with E-state index in [0.717, 1.165) is 5.56 Å². The third-order valence-electron chi connectivity index (χ3n) is 3.30. The molecule has 0 aromatic heterocycles. The van der Waals surface area contributed by atoms with Crippen LogP contribution in [0.4, 0.5) is 0 Å². The average Bonchev–Trinajstić information content (AvgIpc) is 2.41. The van der Waals surface area contributed by atoms with Crippen LogP contribution in [0.2, 0.25) is 0 Å². The van der Waals surface area contributed by atoms with Gasteiger partial charge in [0.2, 0.25) is 5.91 Å². The Labute approximate surface area is 112 Å². The number of nitrogens with zero attached hydrogens (tertiary/aromatic N) is 1. The van der Waals surface area contributed by atoms with Gasteiger partial charge in [-0.15, -0.1) is 0 Å². The van der Waals surface area contributed by atoms with Crippen molar-refractivity contribution in [3.05, 3.63) is 34.9 Å². The van der Waals surface area contributed by atoms with Gasteiger partial charge in [0, 0.05) is 30.8 Å². The van der Waals surface area contributed by atoms with Crippen molar-refractivity contribution in [2.24, 2.45) is 5.73 Å². The average molecular weight is 262 g/mol.